The first kappa shape index (κ1) is 16.7. The van der Waals surface area contributed by atoms with E-state index in [0.29, 0.717) is 23.4 Å². The van der Waals surface area contributed by atoms with Gasteiger partial charge in [-0.1, -0.05) is 18.5 Å². The van der Waals surface area contributed by atoms with Gasteiger partial charge in [0.15, 0.2) is 0 Å². The number of urea groups is 1. The molecule has 1 unspecified atom stereocenters. The average Bonchev–Trinajstić information content (AvgIpc) is 2.35. The summed E-state index contributed by atoms with van der Waals surface area (Å²) in [5, 5.41) is 0.451. The zero-order chi connectivity index (χ0) is 15.3. The van der Waals surface area contributed by atoms with E-state index < -0.39 is 0 Å². The van der Waals surface area contributed by atoms with Crippen molar-refractivity contribution < 1.29 is 4.79 Å². The lowest BCUT2D eigenvalue weighted by atomic mass is 10.1. The molecule has 0 aliphatic carbocycles. The molecule has 1 atom stereocenters. The molecule has 20 heavy (non-hydrogen) atoms. The first-order valence-corrected chi connectivity index (χ1v) is 6.80. The highest BCUT2D eigenvalue weighted by atomic mass is 35.5. The third-order valence-electron chi connectivity index (χ3n) is 2.63. The summed E-state index contributed by atoms with van der Waals surface area (Å²) in [4.78, 5) is 25.7. The largest absolute Gasteiger partial charge is 0.330 e. The molecule has 112 valence electrons. The predicted octanol–water partition coefficient (Wildman–Crippen LogP) is 1.82. The molecule has 0 spiro atoms. The van der Waals surface area contributed by atoms with Gasteiger partial charge in [-0.05, 0) is 20.0 Å². The Morgan fingerprint density at radius 2 is 1.75 bits per heavy atom. The van der Waals surface area contributed by atoms with Gasteiger partial charge < -0.3 is 9.80 Å². The Bertz CT molecular complexity index is 435. The highest BCUT2D eigenvalue weighted by Crippen LogP contribution is 2.14. The number of amides is 2. The Hall–Kier alpha value is -1.40. The molecule has 1 heterocycles. The van der Waals surface area contributed by atoms with E-state index in [0.717, 1.165) is 6.54 Å². The molecule has 0 fully saturated rings. The highest BCUT2D eigenvalue weighted by molar-refractivity contribution is 6.30. The van der Waals surface area contributed by atoms with Crippen LogP contribution in [0.5, 0.6) is 0 Å². The minimum Gasteiger partial charge on any atom is -0.330 e. The highest BCUT2D eigenvalue weighted by Gasteiger charge is 2.22. The number of halogens is 1. The third kappa shape index (κ3) is 4.94. The number of carbonyl (C=O) groups is 1. The van der Waals surface area contributed by atoms with Gasteiger partial charge in [0.2, 0.25) is 5.95 Å². The van der Waals surface area contributed by atoms with E-state index in [-0.39, 0.29) is 6.03 Å². The molecule has 7 heteroatoms. The topological polar surface area (TPSA) is 52.6 Å². The molecule has 0 saturated carbocycles. The van der Waals surface area contributed by atoms with Gasteiger partial charge in [-0.25, -0.2) is 14.8 Å². The van der Waals surface area contributed by atoms with Gasteiger partial charge in [0.1, 0.15) is 0 Å². The molecule has 2 amide bonds. The summed E-state index contributed by atoms with van der Waals surface area (Å²) < 4.78 is 0. The van der Waals surface area contributed by atoms with E-state index in [2.05, 4.69) is 21.8 Å². The Morgan fingerprint density at radius 1 is 1.20 bits per heavy atom. The van der Waals surface area contributed by atoms with Gasteiger partial charge in [0.25, 0.3) is 0 Å². The summed E-state index contributed by atoms with van der Waals surface area (Å²) >= 11 is 5.79. The smallest absolute Gasteiger partial charge is 0.326 e. The van der Waals surface area contributed by atoms with Crippen molar-refractivity contribution in [3.05, 3.63) is 17.4 Å². The summed E-state index contributed by atoms with van der Waals surface area (Å²) in [6, 6.07) is -0.141. The summed E-state index contributed by atoms with van der Waals surface area (Å²) in [5.41, 5.74) is 0. The Morgan fingerprint density at radius 3 is 2.20 bits per heavy atom. The zero-order valence-electron chi connectivity index (χ0n) is 12.7. The minimum atomic E-state index is -0.141. The van der Waals surface area contributed by atoms with Crippen molar-refractivity contribution in [1.82, 2.24) is 19.8 Å². The van der Waals surface area contributed by atoms with Crippen LogP contribution in [0.2, 0.25) is 5.02 Å². The van der Waals surface area contributed by atoms with Crippen LogP contribution >= 0.6 is 11.6 Å². The fraction of sp³-hybridized carbons (Fsp3) is 0.615. The number of anilines is 1. The fourth-order valence-electron chi connectivity index (χ4n) is 1.92. The zero-order valence-corrected chi connectivity index (χ0v) is 13.4. The Balaban J connectivity index is 2.91. The Labute approximate surface area is 125 Å². The molecule has 1 aromatic heterocycles. The molecule has 0 saturated heterocycles. The van der Waals surface area contributed by atoms with Crippen LogP contribution in [0.25, 0.3) is 0 Å². The summed E-state index contributed by atoms with van der Waals surface area (Å²) in [6.45, 7) is 3.52. The summed E-state index contributed by atoms with van der Waals surface area (Å²) in [5.74, 6) is 0.673. The van der Waals surface area contributed by atoms with E-state index in [1.807, 2.05) is 14.1 Å². The van der Waals surface area contributed by atoms with Gasteiger partial charge >= 0.3 is 6.03 Å². The molecule has 0 aliphatic heterocycles. The second kappa shape index (κ2) is 7.40. The number of hydrogen-bond acceptors (Lipinski definition) is 4. The molecule has 0 radical (unpaired) electrons. The van der Waals surface area contributed by atoms with Gasteiger partial charge in [0.05, 0.1) is 17.4 Å². The second-order valence-corrected chi connectivity index (χ2v) is 5.79. The molecular weight excluding hydrogens is 278 g/mol. The standard InChI is InChI=1S/C13H22ClN5O/c1-10(8-17(2)3)9-19(13(20)18(4)5)12-15-6-11(14)7-16-12/h6-7,10H,8-9H2,1-5H3. The third-order valence-corrected chi connectivity index (χ3v) is 2.83. The predicted molar refractivity (Wildman–Crippen MR) is 81.2 cm³/mol. The maximum Gasteiger partial charge on any atom is 0.326 e. The van der Waals surface area contributed by atoms with E-state index in [1.165, 1.54) is 17.3 Å². The lowest BCUT2D eigenvalue weighted by Gasteiger charge is -2.28. The lowest BCUT2D eigenvalue weighted by molar-refractivity contribution is 0.221. The van der Waals surface area contributed by atoms with Crippen LogP contribution in [0.15, 0.2) is 12.4 Å². The number of aromatic nitrogens is 2. The van der Waals surface area contributed by atoms with E-state index >= 15 is 0 Å². The summed E-state index contributed by atoms with van der Waals surface area (Å²) in [7, 11) is 7.44. The second-order valence-electron chi connectivity index (χ2n) is 5.36. The van der Waals surface area contributed by atoms with Crippen LogP contribution in [0.1, 0.15) is 6.92 Å². The molecule has 1 rings (SSSR count). The monoisotopic (exact) mass is 299 g/mol. The molecule has 0 bridgehead atoms. The van der Waals surface area contributed by atoms with E-state index in [9.17, 15) is 4.79 Å². The Kier molecular flexibility index (Phi) is 6.16. The van der Waals surface area contributed by atoms with Gasteiger partial charge in [-0.2, -0.15) is 0 Å². The average molecular weight is 300 g/mol. The van der Waals surface area contributed by atoms with Crippen molar-refractivity contribution in [1.29, 1.82) is 0 Å². The first-order chi connectivity index (χ1) is 9.31. The normalized spacial score (nSPS) is 12.3. The number of hydrogen-bond donors (Lipinski definition) is 0. The van der Waals surface area contributed by atoms with Crippen LogP contribution in [0.4, 0.5) is 10.7 Å². The molecule has 0 N–H and O–H groups in total. The van der Waals surface area contributed by atoms with Crippen molar-refractivity contribution in [2.24, 2.45) is 5.92 Å². The van der Waals surface area contributed by atoms with Crippen LogP contribution in [0, 0.1) is 5.92 Å². The van der Waals surface area contributed by atoms with Crippen molar-refractivity contribution in [2.45, 2.75) is 6.92 Å². The quantitative estimate of drug-likeness (QED) is 0.832. The van der Waals surface area contributed by atoms with Crippen molar-refractivity contribution >= 4 is 23.6 Å². The number of rotatable bonds is 5. The molecule has 1 aromatic rings. The van der Waals surface area contributed by atoms with E-state index in [4.69, 9.17) is 11.6 Å². The summed E-state index contributed by atoms with van der Waals surface area (Å²) in [6.07, 6.45) is 2.99. The fourth-order valence-corrected chi connectivity index (χ4v) is 2.02. The van der Waals surface area contributed by atoms with Crippen LogP contribution in [-0.4, -0.2) is 67.1 Å². The van der Waals surface area contributed by atoms with Crippen molar-refractivity contribution in [2.75, 3.05) is 46.2 Å². The van der Waals surface area contributed by atoms with Crippen LogP contribution in [0.3, 0.4) is 0 Å². The van der Waals surface area contributed by atoms with Crippen LogP contribution < -0.4 is 4.90 Å². The maximum absolute atomic E-state index is 12.3. The minimum absolute atomic E-state index is 0.141. The van der Waals surface area contributed by atoms with Crippen molar-refractivity contribution in [3.8, 4) is 0 Å². The van der Waals surface area contributed by atoms with Crippen LogP contribution in [-0.2, 0) is 0 Å². The van der Waals surface area contributed by atoms with Crippen molar-refractivity contribution in [3.63, 3.8) is 0 Å². The molecule has 0 aromatic carbocycles. The number of nitrogens with zero attached hydrogens (tertiary/aromatic N) is 5. The lowest BCUT2D eigenvalue weighted by Crippen LogP contribution is -2.44. The number of carbonyl (C=O) groups excluding carboxylic acids is 1. The van der Waals surface area contributed by atoms with E-state index in [1.54, 1.807) is 19.0 Å². The van der Waals surface area contributed by atoms with Gasteiger partial charge in [-0.3, -0.25) is 4.90 Å². The maximum atomic E-state index is 12.3. The SMILES string of the molecule is CC(CN(C)C)CN(C(=O)N(C)C)c1ncc(Cl)cn1. The van der Waals surface area contributed by atoms with Gasteiger partial charge in [-0.15, -0.1) is 0 Å². The molecule has 0 aliphatic rings. The molecule has 6 nitrogen and oxygen atoms in total. The molecular formula is C13H22ClN5O. The van der Waals surface area contributed by atoms with Gasteiger partial charge in [0, 0.05) is 27.2 Å². The first-order valence-electron chi connectivity index (χ1n) is 6.42.